The van der Waals surface area contributed by atoms with Crippen LogP contribution in [-0.4, -0.2) is 66.4 Å². The lowest BCUT2D eigenvalue weighted by molar-refractivity contribution is -0.126. The lowest BCUT2D eigenvalue weighted by Crippen LogP contribution is -2.61. The molecular formula is C19H28N4O2. The first kappa shape index (κ1) is 17.7. The first-order chi connectivity index (χ1) is 12.0. The molecule has 0 aromatic heterocycles. The number of nitrogens with two attached hydrogens (primary N) is 1. The molecule has 1 aromatic rings. The minimum atomic E-state index is -0.417. The zero-order valence-corrected chi connectivity index (χ0v) is 15.1. The number of hydrogen-bond acceptors (Lipinski definition) is 4. The Hall–Kier alpha value is -2.08. The Labute approximate surface area is 149 Å². The van der Waals surface area contributed by atoms with E-state index in [2.05, 4.69) is 15.9 Å². The topological polar surface area (TPSA) is 69.9 Å². The van der Waals surface area contributed by atoms with E-state index in [4.69, 9.17) is 5.73 Å². The van der Waals surface area contributed by atoms with Crippen LogP contribution in [0.25, 0.3) is 0 Å². The molecule has 0 saturated carbocycles. The van der Waals surface area contributed by atoms with Gasteiger partial charge in [0.1, 0.15) is 6.04 Å². The van der Waals surface area contributed by atoms with Crippen molar-refractivity contribution in [2.45, 2.75) is 38.8 Å². The smallest absolute Gasteiger partial charge is 0.254 e. The van der Waals surface area contributed by atoms with Crippen LogP contribution in [0.15, 0.2) is 24.3 Å². The van der Waals surface area contributed by atoms with E-state index in [0.717, 1.165) is 18.8 Å². The van der Waals surface area contributed by atoms with Crippen molar-refractivity contribution >= 4 is 17.5 Å². The normalized spacial score (nSPS) is 21.8. The van der Waals surface area contributed by atoms with E-state index in [1.807, 2.05) is 32.0 Å². The molecule has 3 rings (SSSR count). The summed E-state index contributed by atoms with van der Waals surface area (Å²) in [6.07, 6.45) is 2.41. The fourth-order valence-electron chi connectivity index (χ4n) is 3.85. The zero-order valence-electron chi connectivity index (χ0n) is 15.1. The number of nitrogens with zero attached hydrogens (tertiary/aromatic N) is 3. The van der Waals surface area contributed by atoms with E-state index < -0.39 is 6.04 Å². The monoisotopic (exact) mass is 344 g/mol. The highest BCUT2D eigenvalue weighted by Gasteiger charge is 2.34. The number of benzene rings is 1. The van der Waals surface area contributed by atoms with E-state index >= 15 is 0 Å². The maximum Gasteiger partial charge on any atom is 0.254 e. The highest BCUT2D eigenvalue weighted by Crippen LogP contribution is 2.23. The lowest BCUT2D eigenvalue weighted by atomic mass is 10.1. The maximum absolute atomic E-state index is 12.9. The van der Waals surface area contributed by atoms with Gasteiger partial charge in [0.25, 0.3) is 5.91 Å². The van der Waals surface area contributed by atoms with E-state index in [1.54, 1.807) is 4.90 Å². The molecule has 136 valence electrons. The van der Waals surface area contributed by atoms with Crippen molar-refractivity contribution in [1.82, 2.24) is 9.80 Å². The summed E-state index contributed by atoms with van der Waals surface area (Å²) in [5.41, 5.74) is 7.37. The van der Waals surface area contributed by atoms with Gasteiger partial charge in [-0.25, -0.2) is 0 Å². The predicted molar refractivity (Wildman–Crippen MR) is 98.6 cm³/mol. The number of carbonyl (C=O) groups is 2. The third-order valence-corrected chi connectivity index (χ3v) is 5.27. The van der Waals surface area contributed by atoms with Crippen LogP contribution < -0.4 is 10.6 Å². The molecule has 0 radical (unpaired) electrons. The van der Waals surface area contributed by atoms with Gasteiger partial charge in [-0.3, -0.25) is 14.5 Å². The summed E-state index contributed by atoms with van der Waals surface area (Å²) in [7, 11) is 0. The Morgan fingerprint density at radius 3 is 2.48 bits per heavy atom. The molecular weight excluding hydrogens is 316 g/mol. The molecule has 1 atom stereocenters. The first-order valence-corrected chi connectivity index (χ1v) is 9.16. The van der Waals surface area contributed by atoms with Gasteiger partial charge in [0.05, 0.1) is 0 Å². The number of anilines is 1. The van der Waals surface area contributed by atoms with Gasteiger partial charge < -0.3 is 15.5 Å². The van der Waals surface area contributed by atoms with Crippen LogP contribution >= 0.6 is 0 Å². The van der Waals surface area contributed by atoms with Crippen molar-refractivity contribution in [1.29, 1.82) is 0 Å². The molecule has 1 unspecified atom stereocenters. The molecule has 25 heavy (non-hydrogen) atoms. The minimum Gasteiger partial charge on any atom is -0.372 e. The summed E-state index contributed by atoms with van der Waals surface area (Å²) in [6, 6.07) is 7.65. The molecule has 2 saturated heterocycles. The van der Waals surface area contributed by atoms with Crippen molar-refractivity contribution < 1.29 is 9.59 Å². The van der Waals surface area contributed by atoms with Gasteiger partial charge in [-0.2, -0.15) is 0 Å². The Bertz CT molecular complexity index is 640. The molecule has 2 amide bonds. The van der Waals surface area contributed by atoms with E-state index in [0.29, 0.717) is 25.2 Å². The van der Waals surface area contributed by atoms with E-state index in [1.165, 1.54) is 12.8 Å². The third kappa shape index (κ3) is 3.79. The molecule has 0 spiro atoms. The average molecular weight is 344 g/mol. The molecule has 2 aliphatic rings. The van der Waals surface area contributed by atoms with Gasteiger partial charge in [-0.1, -0.05) is 6.07 Å². The van der Waals surface area contributed by atoms with Crippen LogP contribution in [0.5, 0.6) is 0 Å². The number of rotatable bonds is 4. The molecule has 2 heterocycles. The summed E-state index contributed by atoms with van der Waals surface area (Å²) in [5.74, 6) is -0.382. The largest absolute Gasteiger partial charge is 0.372 e. The minimum absolute atomic E-state index is 0.0179. The van der Waals surface area contributed by atoms with Crippen LogP contribution in [0.4, 0.5) is 5.69 Å². The second kappa shape index (κ2) is 7.44. The van der Waals surface area contributed by atoms with Crippen LogP contribution in [0.1, 0.15) is 37.0 Å². The summed E-state index contributed by atoms with van der Waals surface area (Å²) in [6.45, 7) is 7.85. The molecule has 6 heteroatoms. The van der Waals surface area contributed by atoms with Crippen molar-refractivity contribution in [2.75, 3.05) is 37.6 Å². The maximum atomic E-state index is 12.9. The van der Waals surface area contributed by atoms with Crippen LogP contribution in [0, 0.1) is 0 Å². The molecule has 6 nitrogen and oxygen atoms in total. The third-order valence-electron chi connectivity index (χ3n) is 5.27. The second-order valence-electron chi connectivity index (χ2n) is 7.25. The van der Waals surface area contributed by atoms with Gasteiger partial charge in [-0.05, 0) is 44.9 Å². The van der Waals surface area contributed by atoms with Gasteiger partial charge in [0.15, 0.2) is 0 Å². The SMILES string of the molecule is CC(C)N1CCN(C(=O)c2cccc(N3CCCC3)c2)CC1C(N)=O. The number of primary amides is 1. The quantitative estimate of drug-likeness (QED) is 0.894. The van der Waals surface area contributed by atoms with Gasteiger partial charge in [0.2, 0.25) is 5.91 Å². The first-order valence-electron chi connectivity index (χ1n) is 9.16. The Kier molecular flexibility index (Phi) is 5.27. The Morgan fingerprint density at radius 1 is 1.12 bits per heavy atom. The standard InChI is InChI=1S/C19H28N4O2/c1-14(2)23-11-10-22(13-17(23)18(20)24)19(25)15-6-5-7-16(12-15)21-8-3-4-9-21/h5-7,12,14,17H,3-4,8-11,13H2,1-2H3,(H2,20,24). The summed E-state index contributed by atoms with van der Waals surface area (Å²) in [5, 5.41) is 0. The Balaban J connectivity index is 1.74. The van der Waals surface area contributed by atoms with Gasteiger partial charge in [0, 0.05) is 50.0 Å². The average Bonchev–Trinajstić information content (AvgIpc) is 3.15. The number of amides is 2. The number of carbonyl (C=O) groups excluding carboxylic acids is 2. The molecule has 2 aliphatic heterocycles. The highest BCUT2D eigenvalue weighted by atomic mass is 16.2. The number of piperazine rings is 1. The Morgan fingerprint density at radius 2 is 1.84 bits per heavy atom. The van der Waals surface area contributed by atoms with Crippen LogP contribution in [-0.2, 0) is 4.79 Å². The van der Waals surface area contributed by atoms with Crippen molar-refractivity contribution in [3.63, 3.8) is 0 Å². The zero-order chi connectivity index (χ0) is 18.0. The van der Waals surface area contributed by atoms with E-state index in [9.17, 15) is 9.59 Å². The van der Waals surface area contributed by atoms with Crippen molar-refractivity contribution in [2.24, 2.45) is 5.73 Å². The molecule has 2 fully saturated rings. The van der Waals surface area contributed by atoms with Gasteiger partial charge in [-0.15, -0.1) is 0 Å². The van der Waals surface area contributed by atoms with Gasteiger partial charge >= 0.3 is 0 Å². The molecule has 0 aliphatic carbocycles. The van der Waals surface area contributed by atoms with Crippen molar-refractivity contribution in [3.8, 4) is 0 Å². The van der Waals surface area contributed by atoms with Crippen LogP contribution in [0.2, 0.25) is 0 Å². The predicted octanol–water partition coefficient (Wildman–Crippen LogP) is 1.31. The second-order valence-corrected chi connectivity index (χ2v) is 7.25. The molecule has 2 N–H and O–H groups in total. The molecule has 0 bridgehead atoms. The fraction of sp³-hybridized carbons (Fsp3) is 0.579. The highest BCUT2D eigenvalue weighted by molar-refractivity contribution is 5.95. The lowest BCUT2D eigenvalue weighted by Gasteiger charge is -2.42. The fourth-order valence-corrected chi connectivity index (χ4v) is 3.85. The summed E-state index contributed by atoms with van der Waals surface area (Å²) in [4.78, 5) is 30.9. The van der Waals surface area contributed by atoms with Crippen LogP contribution in [0.3, 0.4) is 0 Å². The molecule has 1 aromatic carbocycles. The van der Waals surface area contributed by atoms with E-state index in [-0.39, 0.29) is 17.9 Å². The summed E-state index contributed by atoms with van der Waals surface area (Å²) >= 11 is 0. The summed E-state index contributed by atoms with van der Waals surface area (Å²) < 4.78 is 0. The number of hydrogen-bond donors (Lipinski definition) is 1. The van der Waals surface area contributed by atoms with Crippen molar-refractivity contribution in [3.05, 3.63) is 29.8 Å².